The highest BCUT2D eigenvalue weighted by Gasteiger charge is 1.95. The fourth-order valence-electron chi connectivity index (χ4n) is 1.38. The molecule has 0 spiro atoms. The molecule has 0 radical (unpaired) electrons. The Morgan fingerprint density at radius 1 is 1.07 bits per heavy atom. The molecular weight excluding hydrogens is 254 g/mol. The van der Waals surface area contributed by atoms with Crippen LogP contribution in [0.2, 0.25) is 0 Å². The molecule has 0 aliphatic heterocycles. The van der Waals surface area contributed by atoms with Gasteiger partial charge in [0.25, 0.3) is 0 Å². The lowest BCUT2D eigenvalue weighted by molar-refractivity contribution is 0.345. The van der Waals surface area contributed by atoms with Crippen LogP contribution in [0.4, 0.5) is 0 Å². The van der Waals surface area contributed by atoms with Crippen LogP contribution in [0.1, 0.15) is 0 Å². The Labute approximate surface area is 97.6 Å². The van der Waals surface area contributed by atoms with Crippen molar-refractivity contribution in [3.63, 3.8) is 0 Å². The quantitative estimate of drug-likeness (QED) is 0.775. The average molecular weight is 266 g/mol. The number of halogens is 1. The van der Waals surface area contributed by atoms with Crippen molar-refractivity contribution < 1.29 is 4.74 Å². The van der Waals surface area contributed by atoms with Gasteiger partial charge in [-0.25, -0.2) is 0 Å². The zero-order valence-corrected chi connectivity index (χ0v) is 9.85. The highest BCUT2D eigenvalue weighted by atomic mass is 79.9. The molecule has 3 heteroatoms. The fourth-order valence-corrected chi connectivity index (χ4v) is 1.54. The van der Waals surface area contributed by atoms with Crippen molar-refractivity contribution in [1.82, 2.24) is 4.57 Å². The van der Waals surface area contributed by atoms with Gasteiger partial charge < -0.3 is 9.30 Å². The smallest absolute Gasteiger partial charge is 0.119 e. The minimum atomic E-state index is 0.697. The van der Waals surface area contributed by atoms with E-state index in [1.807, 2.05) is 48.8 Å². The summed E-state index contributed by atoms with van der Waals surface area (Å²) in [6.45, 7) is 0.697. The number of alkyl halides is 1. The topological polar surface area (TPSA) is 14.2 Å². The molecule has 15 heavy (non-hydrogen) atoms. The second-order valence-corrected chi connectivity index (χ2v) is 3.91. The van der Waals surface area contributed by atoms with Crippen LogP contribution in [0, 0.1) is 0 Å². The van der Waals surface area contributed by atoms with Gasteiger partial charge in [0.2, 0.25) is 0 Å². The summed E-state index contributed by atoms with van der Waals surface area (Å²) >= 11 is 3.32. The van der Waals surface area contributed by atoms with E-state index < -0.39 is 0 Å². The standard InChI is InChI=1S/C12H12BrNO/c13-7-10-15-12-5-3-11(4-6-12)14-8-1-2-9-14/h1-6,8-9H,7,10H2. The molecule has 1 aromatic carbocycles. The van der Waals surface area contributed by atoms with Crippen LogP contribution >= 0.6 is 15.9 Å². The van der Waals surface area contributed by atoms with Crippen LogP contribution in [0.5, 0.6) is 5.75 Å². The lowest BCUT2D eigenvalue weighted by Crippen LogP contribution is -1.97. The van der Waals surface area contributed by atoms with E-state index in [4.69, 9.17) is 4.74 Å². The molecule has 0 amide bonds. The molecule has 2 rings (SSSR count). The lowest BCUT2D eigenvalue weighted by atomic mass is 10.3. The van der Waals surface area contributed by atoms with Gasteiger partial charge in [-0.2, -0.15) is 0 Å². The van der Waals surface area contributed by atoms with Gasteiger partial charge in [-0.15, -0.1) is 0 Å². The van der Waals surface area contributed by atoms with Crippen molar-refractivity contribution in [2.24, 2.45) is 0 Å². The van der Waals surface area contributed by atoms with Crippen molar-refractivity contribution in [3.05, 3.63) is 48.8 Å². The first kappa shape index (κ1) is 10.3. The zero-order valence-electron chi connectivity index (χ0n) is 8.27. The number of benzene rings is 1. The Morgan fingerprint density at radius 3 is 2.33 bits per heavy atom. The molecule has 0 saturated carbocycles. The van der Waals surface area contributed by atoms with Gasteiger partial charge in [0.05, 0.1) is 6.61 Å². The van der Waals surface area contributed by atoms with E-state index >= 15 is 0 Å². The predicted molar refractivity (Wildman–Crippen MR) is 65.1 cm³/mol. The summed E-state index contributed by atoms with van der Waals surface area (Å²) < 4.78 is 7.54. The van der Waals surface area contributed by atoms with Crippen molar-refractivity contribution >= 4 is 15.9 Å². The van der Waals surface area contributed by atoms with Crippen molar-refractivity contribution in [3.8, 4) is 11.4 Å². The zero-order chi connectivity index (χ0) is 10.5. The molecule has 1 heterocycles. The summed E-state index contributed by atoms with van der Waals surface area (Å²) in [5.74, 6) is 0.908. The summed E-state index contributed by atoms with van der Waals surface area (Å²) in [5, 5.41) is 0.854. The van der Waals surface area contributed by atoms with Gasteiger partial charge in [0.15, 0.2) is 0 Å². The van der Waals surface area contributed by atoms with Gasteiger partial charge in [-0.3, -0.25) is 0 Å². The summed E-state index contributed by atoms with van der Waals surface area (Å²) in [7, 11) is 0. The predicted octanol–water partition coefficient (Wildman–Crippen LogP) is 3.25. The first-order valence-corrected chi connectivity index (χ1v) is 5.94. The third kappa shape index (κ3) is 2.63. The van der Waals surface area contributed by atoms with E-state index in [1.54, 1.807) is 0 Å². The minimum absolute atomic E-state index is 0.697. The van der Waals surface area contributed by atoms with E-state index in [2.05, 4.69) is 20.5 Å². The monoisotopic (exact) mass is 265 g/mol. The fraction of sp³-hybridized carbons (Fsp3) is 0.167. The number of ether oxygens (including phenoxy) is 1. The van der Waals surface area contributed by atoms with Gasteiger partial charge in [-0.1, -0.05) is 15.9 Å². The maximum atomic E-state index is 5.47. The molecule has 0 N–H and O–H groups in total. The third-order valence-corrected chi connectivity index (χ3v) is 2.41. The van der Waals surface area contributed by atoms with E-state index in [9.17, 15) is 0 Å². The van der Waals surface area contributed by atoms with Crippen LogP contribution in [0.3, 0.4) is 0 Å². The molecule has 2 aromatic rings. The normalized spacial score (nSPS) is 10.2. The number of hydrogen-bond acceptors (Lipinski definition) is 1. The average Bonchev–Trinajstić information content (AvgIpc) is 2.80. The van der Waals surface area contributed by atoms with E-state index in [1.165, 1.54) is 0 Å². The highest BCUT2D eigenvalue weighted by molar-refractivity contribution is 9.09. The number of aromatic nitrogens is 1. The second kappa shape index (κ2) is 5.03. The van der Waals surface area contributed by atoms with E-state index in [0.717, 1.165) is 16.8 Å². The highest BCUT2D eigenvalue weighted by Crippen LogP contribution is 2.15. The van der Waals surface area contributed by atoms with Crippen LogP contribution in [0.15, 0.2) is 48.8 Å². The molecule has 0 bridgehead atoms. The number of rotatable bonds is 4. The van der Waals surface area contributed by atoms with Crippen molar-refractivity contribution in [2.75, 3.05) is 11.9 Å². The third-order valence-electron chi connectivity index (χ3n) is 2.09. The Kier molecular flexibility index (Phi) is 3.45. The molecule has 0 fully saturated rings. The van der Waals surface area contributed by atoms with Crippen LogP contribution in [0.25, 0.3) is 5.69 Å². The summed E-state index contributed by atoms with van der Waals surface area (Å²) in [5.41, 5.74) is 1.14. The van der Waals surface area contributed by atoms with Crippen LogP contribution in [-0.2, 0) is 0 Å². The van der Waals surface area contributed by atoms with Crippen LogP contribution < -0.4 is 4.74 Å². The second-order valence-electron chi connectivity index (χ2n) is 3.12. The summed E-state index contributed by atoms with van der Waals surface area (Å²) in [4.78, 5) is 0. The molecule has 78 valence electrons. The molecule has 0 unspecified atom stereocenters. The van der Waals surface area contributed by atoms with Crippen LogP contribution in [-0.4, -0.2) is 16.5 Å². The maximum absolute atomic E-state index is 5.47. The molecule has 0 atom stereocenters. The molecule has 0 saturated heterocycles. The molecule has 0 aliphatic rings. The SMILES string of the molecule is BrCCOc1ccc(-n2cccc2)cc1. The Hall–Kier alpha value is -1.22. The Morgan fingerprint density at radius 2 is 1.73 bits per heavy atom. The molecule has 0 aliphatic carbocycles. The maximum Gasteiger partial charge on any atom is 0.119 e. The number of nitrogens with zero attached hydrogens (tertiary/aromatic N) is 1. The largest absolute Gasteiger partial charge is 0.493 e. The lowest BCUT2D eigenvalue weighted by Gasteiger charge is -2.06. The summed E-state index contributed by atoms with van der Waals surface area (Å²) in [6.07, 6.45) is 4.04. The van der Waals surface area contributed by atoms with Crippen molar-refractivity contribution in [1.29, 1.82) is 0 Å². The van der Waals surface area contributed by atoms with Gasteiger partial charge in [0, 0.05) is 23.4 Å². The Balaban J connectivity index is 2.11. The Bertz CT molecular complexity index is 394. The first-order chi connectivity index (χ1) is 7.40. The first-order valence-electron chi connectivity index (χ1n) is 4.82. The summed E-state index contributed by atoms with van der Waals surface area (Å²) in [6, 6.07) is 12.1. The number of hydrogen-bond donors (Lipinski definition) is 0. The molecular formula is C12H12BrNO. The minimum Gasteiger partial charge on any atom is -0.493 e. The molecule has 1 aromatic heterocycles. The van der Waals surface area contributed by atoms with E-state index in [-0.39, 0.29) is 0 Å². The van der Waals surface area contributed by atoms with Crippen molar-refractivity contribution in [2.45, 2.75) is 0 Å². The van der Waals surface area contributed by atoms with E-state index in [0.29, 0.717) is 6.61 Å². The van der Waals surface area contributed by atoms with Gasteiger partial charge >= 0.3 is 0 Å². The molecule has 2 nitrogen and oxygen atoms in total. The van der Waals surface area contributed by atoms with Gasteiger partial charge in [0.1, 0.15) is 5.75 Å². The van der Waals surface area contributed by atoms with Gasteiger partial charge in [-0.05, 0) is 36.4 Å².